The fraction of sp³-hybridized carbons (Fsp3) is 0.600. The van der Waals surface area contributed by atoms with Gasteiger partial charge in [-0.05, 0) is 37.1 Å². The molecule has 4 heteroatoms. The van der Waals surface area contributed by atoms with Crippen LogP contribution in [0.25, 0.3) is 0 Å². The van der Waals surface area contributed by atoms with Gasteiger partial charge in [0.1, 0.15) is 0 Å². The summed E-state index contributed by atoms with van der Waals surface area (Å²) in [7, 11) is 3.16. The van der Waals surface area contributed by atoms with Crippen LogP contribution in [0.3, 0.4) is 0 Å². The van der Waals surface area contributed by atoms with Crippen molar-refractivity contribution < 1.29 is 13.9 Å². The average molecular weight is 269 g/mol. The van der Waals surface area contributed by atoms with Crippen LogP contribution >= 0.6 is 0 Å². The first kappa shape index (κ1) is 15.9. The number of methoxy groups -OCH3 is 2. The Hall–Kier alpha value is -1.13. The van der Waals surface area contributed by atoms with Gasteiger partial charge in [-0.15, -0.1) is 0 Å². The quantitative estimate of drug-likeness (QED) is 0.785. The van der Waals surface area contributed by atoms with Gasteiger partial charge in [0.2, 0.25) is 0 Å². The SMILES string of the molecule is CCCNC(c1ccc(OC)c(F)c1)C(CC)OC. The van der Waals surface area contributed by atoms with Crippen LogP contribution < -0.4 is 10.1 Å². The third kappa shape index (κ3) is 4.18. The van der Waals surface area contributed by atoms with Gasteiger partial charge in [-0.3, -0.25) is 0 Å². The van der Waals surface area contributed by atoms with E-state index in [2.05, 4.69) is 19.2 Å². The Labute approximate surface area is 115 Å². The number of halogens is 1. The fourth-order valence-electron chi connectivity index (χ4n) is 2.18. The number of nitrogens with one attached hydrogen (secondary N) is 1. The molecule has 0 aliphatic carbocycles. The largest absolute Gasteiger partial charge is 0.494 e. The molecule has 0 aliphatic rings. The summed E-state index contributed by atoms with van der Waals surface area (Å²) in [6.45, 7) is 5.04. The van der Waals surface area contributed by atoms with Gasteiger partial charge in [0.15, 0.2) is 11.6 Å². The average Bonchev–Trinajstić information content (AvgIpc) is 2.43. The summed E-state index contributed by atoms with van der Waals surface area (Å²) in [5.41, 5.74) is 0.889. The summed E-state index contributed by atoms with van der Waals surface area (Å²) < 4.78 is 24.3. The summed E-state index contributed by atoms with van der Waals surface area (Å²) in [4.78, 5) is 0. The van der Waals surface area contributed by atoms with Crippen LogP contribution in [0.1, 0.15) is 38.3 Å². The molecule has 0 spiro atoms. The molecule has 0 aliphatic heterocycles. The van der Waals surface area contributed by atoms with E-state index in [-0.39, 0.29) is 23.7 Å². The van der Waals surface area contributed by atoms with Crippen molar-refractivity contribution in [3.05, 3.63) is 29.6 Å². The zero-order valence-electron chi connectivity index (χ0n) is 12.2. The van der Waals surface area contributed by atoms with Gasteiger partial charge < -0.3 is 14.8 Å². The van der Waals surface area contributed by atoms with E-state index in [9.17, 15) is 4.39 Å². The van der Waals surface area contributed by atoms with Crippen LogP contribution in [0.5, 0.6) is 5.75 Å². The zero-order chi connectivity index (χ0) is 14.3. The van der Waals surface area contributed by atoms with Crippen molar-refractivity contribution in [3.8, 4) is 5.75 Å². The maximum atomic E-state index is 13.8. The normalized spacial score (nSPS) is 14.2. The van der Waals surface area contributed by atoms with Gasteiger partial charge in [0.25, 0.3) is 0 Å². The molecule has 1 rings (SSSR count). The van der Waals surface area contributed by atoms with Crippen molar-refractivity contribution in [3.63, 3.8) is 0 Å². The molecule has 19 heavy (non-hydrogen) atoms. The lowest BCUT2D eigenvalue weighted by atomic mass is 9.99. The summed E-state index contributed by atoms with van der Waals surface area (Å²) in [5, 5.41) is 3.42. The van der Waals surface area contributed by atoms with E-state index in [1.165, 1.54) is 13.2 Å². The molecular formula is C15H24FNO2. The van der Waals surface area contributed by atoms with Crippen LogP contribution in [0, 0.1) is 5.82 Å². The zero-order valence-corrected chi connectivity index (χ0v) is 12.2. The lowest BCUT2D eigenvalue weighted by molar-refractivity contribution is 0.0650. The maximum absolute atomic E-state index is 13.8. The van der Waals surface area contributed by atoms with E-state index in [1.807, 2.05) is 6.07 Å². The molecule has 0 fully saturated rings. The van der Waals surface area contributed by atoms with Crippen LogP contribution in [0.4, 0.5) is 4.39 Å². The number of hydrogen-bond acceptors (Lipinski definition) is 3. The summed E-state index contributed by atoms with van der Waals surface area (Å²) in [6, 6.07) is 5.06. The Morgan fingerprint density at radius 1 is 1.26 bits per heavy atom. The smallest absolute Gasteiger partial charge is 0.165 e. The van der Waals surface area contributed by atoms with E-state index in [4.69, 9.17) is 9.47 Å². The van der Waals surface area contributed by atoms with Gasteiger partial charge >= 0.3 is 0 Å². The van der Waals surface area contributed by atoms with E-state index in [0.29, 0.717) is 0 Å². The van der Waals surface area contributed by atoms with Gasteiger partial charge in [0.05, 0.1) is 19.3 Å². The van der Waals surface area contributed by atoms with Crippen LogP contribution in [-0.4, -0.2) is 26.9 Å². The Balaban J connectivity index is 2.98. The molecule has 108 valence electrons. The van der Waals surface area contributed by atoms with Crippen molar-refractivity contribution in [2.75, 3.05) is 20.8 Å². The topological polar surface area (TPSA) is 30.5 Å². The minimum absolute atomic E-state index is 0.00430. The minimum Gasteiger partial charge on any atom is -0.494 e. The van der Waals surface area contributed by atoms with E-state index < -0.39 is 0 Å². The molecule has 1 aromatic carbocycles. The fourth-order valence-corrected chi connectivity index (χ4v) is 2.18. The maximum Gasteiger partial charge on any atom is 0.165 e. The Kier molecular flexibility index (Phi) is 6.81. The van der Waals surface area contributed by atoms with E-state index in [0.717, 1.165) is 24.9 Å². The molecule has 0 bridgehead atoms. The first-order chi connectivity index (χ1) is 9.17. The molecule has 0 aromatic heterocycles. The van der Waals surface area contributed by atoms with Crippen molar-refractivity contribution in [1.82, 2.24) is 5.32 Å². The van der Waals surface area contributed by atoms with Gasteiger partial charge in [-0.25, -0.2) is 4.39 Å². The molecular weight excluding hydrogens is 245 g/mol. The minimum atomic E-state index is -0.339. The lowest BCUT2D eigenvalue weighted by Gasteiger charge is -2.27. The predicted octanol–water partition coefficient (Wildman–Crippen LogP) is 3.30. The van der Waals surface area contributed by atoms with E-state index in [1.54, 1.807) is 13.2 Å². The molecule has 3 nitrogen and oxygen atoms in total. The predicted molar refractivity (Wildman–Crippen MR) is 75.1 cm³/mol. The summed E-state index contributed by atoms with van der Waals surface area (Å²) in [6.07, 6.45) is 1.92. The number of ether oxygens (including phenoxy) is 2. The highest BCUT2D eigenvalue weighted by molar-refractivity contribution is 5.31. The summed E-state index contributed by atoms with van der Waals surface area (Å²) >= 11 is 0. The second-order valence-electron chi connectivity index (χ2n) is 4.51. The molecule has 2 unspecified atom stereocenters. The van der Waals surface area contributed by atoms with Gasteiger partial charge in [0, 0.05) is 7.11 Å². The third-order valence-electron chi connectivity index (χ3n) is 3.23. The van der Waals surface area contributed by atoms with Crippen molar-refractivity contribution >= 4 is 0 Å². The molecule has 0 amide bonds. The van der Waals surface area contributed by atoms with Gasteiger partial charge in [-0.1, -0.05) is 19.9 Å². The number of rotatable bonds is 8. The first-order valence-electron chi connectivity index (χ1n) is 6.77. The number of hydrogen-bond donors (Lipinski definition) is 1. The summed E-state index contributed by atoms with van der Waals surface area (Å²) in [5.74, 6) is -0.0716. The molecule has 1 aromatic rings. The highest BCUT2D eigenvalue weighted by Crippen LogP contribution is 2.26. The second-order valence-corrected chi connectivity index (χ2v) is 4.51. The van der Waals surface area contributed by atoms with Crippen LogP contribution in [-0.2, 0) is 4.74 Å². The molecule has 0 radical (unpaired) electrons. The molecule has 0 heterocycles. The Bertz CT molecular complexity index is 380. The van der Waals surface area contributed by atoms with Crippen molar-refractivity contribution in [2.24, 2.45) is 0 Å². The molecule has 0 saturated heterocycles. The van der Waals surface area contributed by atoms with Crippen molar-refractivity contribution in [2.45, 2.75) is 38.8 Å². The van der Waals surface area contributed by atoms with Gasteiger partial charge in [-0.2, -0.15) is 0 Å². The van der Waals surface area contributed by atoms with Crippen molar-refractivity contribution in [1.29, 1.82) is 0 Å². The second kappa shape index (κ2) is 8.12. The highest BCUT2D eigenvalue weighted by atomic mass is 19.1. The van der Waals surface area contributed by atoms with Crippen LogP contribution in [0.15, 0.2) is 18.2 Å². The first-order valence-corrected chi connectivity index (χ1v) is 6.77. The standard InChI is InChI=1S/C15H24FNO2/c1-5-9-17-15(13(6-2)18-3)11-7-8-14(19-4)12(16)10-11/h7-8,10,13,15,17H,5-6,9H2,1-4H3. The van der Waals surface area contributed by atoms with Crippen LogP contribution in [0.2, 0.25) is 0 Å². The molecule has 0 saturated carbocycles. The lowest BCUT2D eigenvalue weighted by Crippen LogP contribution is -2.33. The third-order valence-corrected chi connectivity index (χ3v) is 3.23. The van der Waals surface area contributed by atoms with E-state index >= 15 is 0 Å². The Morgan fingerprint density at radius 2 is 2.00 bits per heavy atom. The highest BCUT2D eigenvalue weighted by Gasteiger charge is 2.22. The molecule has 2 atom stereocenters. The monoisotopic (exact) mass is 269 g/mol. The Morgan fingerprint density at radius 3 is 2.47 bits per heavy atom. The molecule has 1 N–H and O–H groups in total. The number of benzene rings is 1.